The van der Waals surface area contributed by atoms with Crippen LogP contribution in [0.1, 0.15) is 16.8 Å². The average Bonchev–Trinajstić information content (AvgIpc) is 2.56. The van der Waals surface area contributed by atoms with E-state index in [2.05, 4.69) is 5.32 Å². The first-order valence-corrected chi connectivity index (χ1v) is 7.30. The van der Waals surface area contributed by atoms with Crippen LogP contribution in [0.2, 0.25) is 0 Å². The van der Waals surface area contributed by atoms with Crippen LogP contribution in [-0.4, -0.2) is 60.8 Å². The number of benzene rings is 1. The molecular weight excluding hydrogens is 290 g/mol. The van der Waals surface area contributed by atoms with Crippen molar-refractivity contribution in [2.75, 3.05) is 26.4 Å². The fourth-order valence-electron chi connectivity index (χ4n) is 2.69. The van der Waals surface area contributed by atoms with E-state index in [0.29, 0.717) is 43.3 Å². The zero-order valence-corrected chi connectivity index (χ0v) is 12.0. The topological polar surface area (TPSA) is 97.3 Å². The van der Waals surface area contributed by atoms with Crippen molar-refractivity contribution >= 4 is 5.91 Å². The van der Waals surface area contributed by atoms with E-state index in [1.165, 1.54) is 0 Å². The number of ether oxygens (including phenoxy) is 3. The number of aliphatic hydroxyl groups excluding tert-OH is 2. The van der Waals surface area contributed by atoms with Crippen LogP contribution in [0.5, 0.6) is 11.5 Å². The summed E-state index contributed by atoms with van der Waals surface area (Å²) in [6.07, 6.45) is -1.14. The fourth-order valence-corrected chi connectivity index (χ4v) is 2.69. The van der Waals surface area contributed by atoms with E-state index in [9.17, 15) is 9.90 Å². The smallest absolute Gasteiger partial charge is 0.255 e. The summed E-state index contributed by atoms with van der Waals surface area (Å²) in [5.41, 5.74) is 0.372. The number of amides is 1. The summed E-state index contributed by atoms with van der Waals surface area (Å²) in [4.78, 5) is 12.5. The van der Waals surface area contributed by atoms with Gasteiger partial charge < -0.3 is 29.7 Å². The van der Waals surface area contributed by atoms with Gasteiger partial charge in [0, 0.05) is 6.61 Å². The SMILES string of the molecule is O=C(N[C@H]1CCO[C@H](CO)[C@H]1O)c1cccc2c1OCCO2. The van der Waals surface area contributed by atoms with Crippen LogP contribution in [0.15, 0.2) is 18.2 Å². The predicted molar refractivity (Wildman–Crippen MR) is 76.1 cm³/mol. The second-order valence-corrected chi connectivity index (χ2v) is 5.28. The molecule has 0 saturated carbocycles. The largest absolute Gasteiger partial charge is 0.486 e. The van der Waals surface area contributed by atoms with Crippen molar-refractivity contribution in [2.24, 2.45) is 0 Å². The first-order valence-electron chi connectivity index (χ1n) is 7.30. The van der Waals surface area contributed by atoms with Crippen LogP contribution in [0.4, 0.5) is 0 Å². The minimum Gasteiger partial charge on any atom is -0.486 e. The normalized spacial score (nSPS) is 27.3. The number of fused-ring (bicyclic) bond motifs is 1. The number of hydrogen-bond donors (Lipinski definition) is 3. The Morgan fingerprint density at radius 3 is 2.91 bits per heavy atom. The maximum absolute atomic E-state index is 12.5. The van der Waals surface area contributed by atoms with Crippen LogP contribution >= 0.6 is 0 Å². The lowest BCUT2D eigenvalue weighted by molar-refractivity contribution is -0.107. The molecule has 1 amide bonds. The zero-order valence-electron chi connectivity index (χ0n) is 12.0. The standard InChI is InChI=1S/C15H19NO6/c17-8-12-13(18)10(4-5-20-12)16-15(19)9-2-1-3-11-14(9)22-7-6-21-11/h1-3,10,12-13,17-18H,4-8H2,(H,16,19)/t10-,12+,13-/m0/s1. The highest BCUT2D eigenvalue weighted by Crippen LogP contribution is 2.33. The molecule has 1 fully saturated rings. The van der Waals surface area contributed by atoms with Crippen molar-refractivity contribution in [1.29, 1.82) is 0 Å². The van der Waals surface area contributed by atoms with Crippen molar-refractivity contribution in [3.63, 3.8) is 0 Å². The Bertz CT molecular complexity index is 549. The average molecular weight is 309 g/mol. The van der Waals surface area contributed by atoms with Crippen molar-refractivity contribution in [3.8, 4) is 11.5 Å². The Hall–Kier alpha value is -1.83. The number of nitrogens with one attached hydrogen (secondary N) is 1. The van der Waals surface area contributed by atoms with Crippen LogP contribution in [-0.2, 0) is 4.74 Å². The minimum atomic E-state index is -0.945. The molecule has 0 bridgehead atoms. The van der Waals surface area contributed by atoms with Crippen molar-refractivity contribution < 1.29 is 29.2 Å². The molecule has 0 radical (unpaired) electrons. The van der Waals surface area contributed by atoms with E-state index < -0.39 is 18.2 Å². The number of aliphatic hydroxyl groups is 2. The van der Waals surface area contributed by atoms with Gasteiger partial charge in [0.15, 0.2) is 11.5 Å². The molecule has 3 N–H and O–H groups in total. The molecule has 0 spiro atoms. The van der Waals surface area contributed by atoms with Gasteiger partial charge in [-0.25, -0.2) is 0 Å². The van der Waals surface area contributed by atoms with Gasteiger partial charge in [0.2, 0.25) is 0 Å². The summed E-state index contributed by atoms with van der Waals surface area (Å²) >= 11 is 0. The second kappa shape index (κ2) is 6.51. The third kappa shape index (κ3) is 2.87. The summed E-state index contributed by atoms with van der Waals surface area (Å²) in [5.74, 6) is 0.621. The maximum atomic E-state index is 12.5. The zero-order chi connectivity index (χ0) is 15.5. The fraction of sp³-hybridized carbons (Fsp3) is 0.533. The molecule has 1 saturated heterocycles. The first kappa shape index (κ1) is 15.1. The van der Waals surface area contributed by atoms with E-state index in [1.54, 1.807) is 18.2 Å². The van der Waals surface area contributed by atoms with Crippen LogP contribution in [0.3, 0.4) is 0 Å². The van der Waals surface area contributed by atoms with Gasteiger partial charge in [0.05, 0.1) is 18.2 Å². The third-order valence-electron chi connectivity index (χ3n) is 3.86. The number of carbonyl (C=O) groups is 1. The highest BCUT2D eigenvalue weighted by Gasteiger charge is 2.34. The van der Waals surface area contributed by atoms with Gasteiger partial charge in [-0.2, -0.15) is 0 Å². The first-order chi connectivity index (χ1) is 10.7. The van der Waals surface area contributed by atoms with E-state index in [1.807, 2.05) is 0 Å². The number of hydrogen-bond acceptors (Lipinski definition) is 6. The monoisotopic (exact) mass is 309 g/mol. The van der Waals surface area contributed by atoms with E-state index in [-0.39, 0.29) is 12.5 Å². The number of carbonyl (C=O) groups excluding carboxylic acids is 1. The molecular formula is C15H19NO6. The lowest BCUT2D eigenvalue weighted by Gasteiger charge is -2.34. The number of rotatable bonds is 3. The van der Waals surface area contributed by atoms with Gasteiger partial charge in [0.25, 0.3) is 5.91 Å². The molecule has 0 aromatic heterocycles. The highest BCUT2D eigenvalue weighted by atomic mass is 16.6. The molecule has 7 heteroatoms. The summed E-state index contributed by atoms with van der Waals surface area (Å²) in [6.45, 7) is 0.934. The summed E-state index contributed by atoms with van der Waals surface area (Å²) in [7, 11) is 0. The van der Waals surface area contributed by atoms with Gasteiger partial charge in [0.1, 0.15) is 25.4 Å². The Morgan fingerprint density at radius 2 is 2.09 bits per heavy atom. The van der Waals surface area contributed by atoms with Gasteiger partial charge >= 0.3 is 0 Å². The molecule has 2 heterocycles. The molecule has 3 rings (SSSR count). The molecule has 2 aliphatic heterocycles. The predicted octanol–water partition coefficient (Wildman–Crippen LogP) is -0.302. The molecule has 0 aliphatic carbocycles. The summed E-state index contributed by atoms with van der Waals surface area (Å²) in [5, 5.41) is 22.0. The van der Waals surface area contributed by atoms with Crippen LogP contribution in [0.25, 0.3) is 0 Å². The highest BCUT2D eigenvalue weighted by molar-refractivity contribution is 5.98. The van der Waals surface area contributed by atoms with Gasteiger partial charge in [-0.3, -0.25) is 4.79 Å². The van der Waals surface area contributed by atoms with Crippen LogP contribution < -0.4 is 14.8 Å². The second-order valence-electron chi connectivity index (χ2n) is 5.28. The van der Waals surface area contributed by atoms with Gasteiger partial charge in [-0.05, 0) is 18.6 Å². The quantitative estimate of drug-likeness (QED) is 0.709. The molecule has 22 heavy (non-hydrogen) atoms. The molecule has 2 aliphatic rings. The maximum Gasteiger partial charge on any atom is 0.255 e. The lowest BCUT2D eigenvalue weighted by Crippen LogP contribution is -2.54. The third-order valence-corrected chi connectivity index (χ3v) is 3.86. The Kier molecular flexibility index (Phi) is 4.47. The Balaban J connectivity index is 1.75. The molecule has 1 aromatic carbocycles. The Labute approximate surface area is 127 Å². The summed E-state index contributed by atoms with van der Waals surface area (Å²) < 4.78 is 16.2. The molecule has 120 valence electrons. The van der Waals surface area contributed by atoms with Crippen molar-refractivity contribution in [1.82, 2.24) is 5.32 Å². The van der Waals surface area contributed by atoms with E-state index in [0.717, 1.165) is 0 Å². The van der Waals surface area contributed by atoms with Gasteiger partial charge in [-0.1, -0.05) is 6.07 Å². The molecule has 0 unspecified atom stereocenters. The van der Waals surface area contributed by atoms with Crippen molar-refractivity contribution in [3.05, 3.63) is 23.8 Å². The molecule has 1 aromatic rings. The summed E-state index contributed by atoms with van der Waals surface area (Å²) in [6, 6.07) is 4.65. The Morgan fingerprint density at radius 1 is 1.27 bits per heavy atom. The lowest BCUT2D eigenvalue weighted by atomic mass is 9.99. The minimum absolute atomic E-state index is 0.286. The number of para-hydroxylation sites is 1. The molecule has 3 atom stereocenters. The van der Waals surface area contributed by atoms with E-state index >= 15 is 0 Å². The van der Waals surface area contributed by atoms with Gasteiger partial charge in [-0.15, -0.1) is 0 Å². The van der Waals surface area contributed by atoms with Crippen molar-refractivity contribution in [2.45, 2.75) is 24.7 Å². The van der Waals surface area contributed by atoms with Crippen LogP contribution in [0, 0.1) is 0 Å². The van der Waals surface area contributed by atoms with E-state index in [4.69, 9.17) is 19.3 Å². The molecule has 7 nitrogen and oxygen atoms in total.